The molecule has 0 saturated carbocycles. The topological polar surface area (TPSA) is 38.7 Å². The molecule has 3 nitrogen and oxygen atoms in total. The lowest BCUT2D eigenvalue weighted by atomic mass is 9.97. The third-order valence-electron chi connectivity index (χ3n) is 3.02. The van der Waals surface area contributed by atoms with E-state index in [1.54, 1.807) is 0 Å². The Balaban J connectivity index is 2.05. The lowest BCUT2D eigenvalue weighted by Crippen LogP contribution is -2.09. The van der Waals surface area contributed by atoms with Gasteiger partial charge in [-0.15, -0.1) is 0 Å². The van der Waals surface area contributed by atoms with Crippen LogP contribution >= 0.6 is 0 Å². The van der Waals surface area contributed by atoms with E-state index < -0.39 is 6.10 Å². The van der Waals surface area contributed by atoms with Gasteiger partial charge in [-0.3, -0.25) is 0 Å². The maximum atomic E-state index is 10.3. The first-order valence-electron chi connectivity index (χ1n) is 6.01. The molecule has 0 radical (unpaired) electrons. The highest BCUT2D eigenvalue weighted by Gasteiger charge is 2.25. The van der Waals surface area contributed by atoms with Crippen molar-refractivity contribution < 1.29 is 14.6 Å². The average Bonchev–Trinajstić information content (AvgIpc) is 2.39. The van der Waals surface area contributed by atoms with Gasteiger partial charge < -0.3 is 14.6 Å². The summed E-state index contributed by atoms with van der Waals surface area (Å²) in [5.74, 6) is 2.11. The fourth-order valence-corrected chi connectivity index (χ4v) is 2.17. The molecule has 1 aliphatic heterocycles. The van der Waals surface area contributed by atoms with Crippen molar-refractivity contribution in [2.75, 3.05) is 6.61 Å². The van der Waals surface area contributed by atoms with E-state index in [4.69, 9.17) is 9.47 Å². The molecular weight excluding hydrogens is 228 g/mol. The van der Waals surface area contributed by atoms with E-state index in [-0.39, 0.29) is 0 Å². The third-order valence-corrected chi connectivity index (χ3v) is 3.02. The van der Waals surface area contributed by atoms with Crippen LogP contribution in [0.3, 0.4) is 0 Å². The fraction of sp³-hybridized carbons (Fsp3) is 0.200. The van der Waals surface area contributed by atoms with Crippen LogP contribution in [-0.2, 0) is 0 Å². The number of para-hydroxylation sites is 1. The maximum absolute atomic E-state index is 10.3. The van der Waals surface area contributed by atoms with Crippen LogP contribution in [0.5, 0.6) is 17.2 Å². The molecule has 0 saturated heterocycles. The zero-order chi connectivity index (χ0) is 12.5. The van der Waals surface area contributed by atoms with Crippen LogP contribution < -0.4 is 9.47 Å². The molecule has 1 atom stereocenters. The van der Waals surface area contributed by atoms with Crippen LogP contribution in [0.2, 0.25) is 0 Å². The second-order valence-electron chi connectivity index (χ2n) is 4.18. The molecule has 18 heavy (non-hydrogen) atoms. The number of benzene rings is 2. The second-order valence-corrected chi connectivity index (χ2v) is 4.18. The predicted octanol–water partition coefficient (Wildman–Crippen LogP) is 3.27. The Morgan fingerprint density at radius 1 is 1.11 bits per heavy atom. The molecule has 0 bridgehead atoms. The van der Waals surface area contributed by atoms with E-state index in [2.05, 4.69) is 0 Å². The van der Waals surface area contributed by atoms with Gasteiger partial charge >= 0.3 is 0 Å². The molecule has 92 valence electrons. The second kappa shape index (κ2) is 4.35. The lowest BCUT2D eigenvalue weighted by Gasteiger charge is -2.25. The predicted molar refractivity (Wildman–Crippen MR) is 68.2 cm³/mol. The Morgan fingerprint density at radius 2 is 1.89 bits per heavy atom. The summed E-state index contributed by atoms with van der Waals surface area (Å²) in [5, 5.41) is 10.3. The van der Waals surface area contributed by atoms with Crippen molar-refractivity contribution in [3.63, 3.8) is 0 Å². The zero-order valence-electron chi connectivity index (χ0n) is 10.1. The van der Waals surface area contributed by atoms with Crippen LogP contribution in [0.1, 0.15) is 24.2 Å². The molecular formula is C15H14O3. The van der Waals surface area contributed by atoms with Gasteiger partial charge in [0.2, 0.25) is 0 Å². The van der Waals surface area contributed by atoms with Crippen molar-refractivity contribution in [1.29, 1.82) is 0 Å². The molecule has 0 amide bonds. The highest BCUT2D eigenvalue weighted by molar-refractivity contribution is 5.53. The molecule has 1 unspecified atom stereocenters. The first-order valence-corrected chi connectivity index (χ1v) is 6.01. The summed E-state index contributed by atoms with van der Waals surface area (Å²) < 4.78 is 11.2. The number of aliphatic hydroxyl groups is 1. The van der Waals surface area contributed by atoms with Crippen molar-refractivity contribution >= 4 is 0 Å². The van der Waals surface area contributed by atoms with E-state index in [0.717, 1.165) is 16.9 Å². The Kier molecular flexibility index (Phi) is 2.68. The van der Waals surface area contributed by atoms with Crippen molar-refractivity contribution in [3.05, 3.63) is 53.6 Å². The molecule has 0 aromatic heterocycles. The summed E-state index contributed by atoms with van der Waals surface area (Å²) in [5.41, 5.74) is 1.58. The minimum atomic E-state index is -0.638. The average molecular weight is 242 g/mol. The molecule has 1 N–H and O–H groups in total. The van der Waals surface area contributed by atoms with E-state index in [0.29, 0.717) is 18.1 Å². The minimum absolute atomic E-state index is 0.609. The molecule has 0 spiro atoms. The number of hydrogen-bond acceptors (Lipinski definition) is 3. The standard InChI is InChI=1S/C15H14O3/c1-2-17-10-7-8-12-14(9-10)18-13-6-4-3-5-11(13)15(12)16/h3-9,15-16H,2H2,1H3. The highest BCUT2D eigenvalue weighted by Crippen LogP contribution is 2.43. The van der Waals surface area contributed by atoms with Crippen molar-refractivity contribution in [2.45, 2.75) is 13.0 Å². The molecule has 2 aromatic rings. The summed E-state index contributed by atoms with van der Waals surface area (Å²) in [6.07, 6.45) is -0.638. The van der Waals surface area contributed by atoms with E-state index in [1.165, 1.54) is 0 Å². The maximum Gasteiger partial charge on any atom is 0.137 e. The molecule has 2 aromatic carbocycles. The quantitative estimate of drug-likeness (QED) is 0.878. The van der Waals surface area contributed by atoms with Crippen LogP contribution in [-0.4, -0.2) is 11.7 Å². The van der Waals surface area contributed by atoms with Crippen molar-refractivity contribution in [2.24, 2.45) is 0 Å². The monoisotopic (exact) mass is 242 g/mol. The van der Waals surface area contributed by atoms with Crippen LogP contribution in [0.25, 0.3) is 0 Å². The molecule has 1 aliphatic rings. The molecule has 1 heterocycles. The first-order chi connectivity index (χ1) is 8.79. The number of ether oxygens (including phenoxy) is 2. The van der Waals surface area contributed by atoms with E-state index >= 15 is 0 Å². The molecule has 0 aliphatic carbocycles. The van der Waals surface area contributed by atoms with Gasteiger partial charge in [-0.2, -0.15) is 0 Å². The van der Waals surface area contributed by atoms with Gasteiger partial charge in [-0.25, -0.2) is 0 Å². The van der Waals surface area contributed by atoms with Crippen molar-refractivity contribution in [1.82, 2.24) is 0 Å². The Morgan fingerprint density at radius 3 is 2.72 bits per heavy atom. The van der Waals surface area contributed by atoms with Gasteiger partial charge in [0.15, 0.2) is 0 Å². The Bertz CT molecular complexity index is 578. The van der Waals surface area contributed by atoms with Gasteiger partial charge in [-0.05, 0) is 25.1 Å². The summed E-state index contributed by atoms with van der Waals surface area (Å²) in [4.78, 5) is 0. The Labute approximate surface area is 106 Å². The molecule has 3 rings (SSSR count). The molecule has 0 fully saturated rings. The normalized spacial score (nSPS) is 16.4. The highest BCUT2D eigenvalue weighted by atomic mass is 16.5. The van der Waals surface area contributed by atoms with Crippen molar-refractivity contribution in [3.8, 4) is 17.2 Å². The van der Waals surface area contributed by atoms with Crippen LogP contribution in [0, 0.1) is 0 Å². The summed E-state index contributed by atoms with van der Waals surface area (Å²) >= 11 is 0. The van der Waals surface area contributed by atoms with Crippen LogP contribution in [0.4, 0.5) is 0 Å². The lowest BCUT2D eigenvalue weighted by molar-refractivity contribution is 0.202. The first kappa shape index (κ1) is 11.1. The Hall–Kier alpha value is -2.00. The summed E-state index contributed by atoms with van der Waals surface area (Å²) in [6, 6.07) is 13.0. The van der Waals surface area contributed by atoms with E-state index in [9.17, 15) is 5.11 Å². The number of rotatable bonds is 2. The van der Waals surface area contributed by atoms with Gasteiger partial charge in [0, 0.05) is 17.2 Å². The zero-order valence-corrected chi connectivity index (χ0v) is 10.1. The summed E-state index contributed by atoms with van der Waals surface area (Å²) in [7, 11) is 0. The SMILES string of the molecule is CCOc1ccc2c(c1)Oc1ccccc1C2O. The largest absolute Gasteiger partial charge is 0.494 e. The minimum Gasteiger partial charge on any atom is -0.494 e. The number of fused-ring (bicyclic) bond motifs is 2. The molecule has 3 heteroatoms. The smallest absolute Gasteiger partial charge is 0.137 e. The van der Waals surface area contributed by atoms with Gasteiger partial charge in [0.05, 0.1) is 6.61 Å². The van der Waals surface area contributed by atoms with Gasteiger partial charge in [0.25, 0.3) is 0 Å². The number of aliphatic hydroxyl groups excluding tert-OH is 1. The van der Waals surface area contributed by atoms with Gasteiger partial charge in [-0.1, -0.05) is 18.2 Å². The third kappa shape index (κ3) is 1.73. The number of hydrogen-bond donors (Lipinski definition) is 1. The van der Waals surface area contributed by atoms with Gasteiger partial charge in [0.1, 0.15) is 23.4 Å². The van der Waals surface area contributed by atoms with E-state index in [1.807, 2.05) is 49.4 Å². The summed E-state index contributed by atoms with van der Waals surface area (Å²) in [6.45, 7) is 2.54. The van der Waals surface area contributed by atoms with Crippen LogP contribution in [0.15, 0.2) is 42.5 Å². The fourth-order valence-electron chi connectivity index (χ4n) is 2.17.